The number of carbonyl (C=O) groups is 1. The molecule has 0 aromatic carbocycles. The second-order valence-electron chi connectivity index (χ2n) is 9.60. The molecule has 2 fully saturated rings. The molecule has 6 nitrogen and oxygen atoms in total. The van der Waals surface area contributed by atoms with Gasteiger partial charge in [0.2, 0.25) is 5.91 Å². The molecule has 1 saturated carbocycles. The molecule has 0 spiro atoms. The average molecular weight is 413 g/mol. The van der Waals surface area contributed by atoms with E-state index >= 15 is 0 Å². The Morgan fingerprint density at radius 2 is 1.69 bits per heavy atom. The van der Waals surface area contributed by atoms with Gasteiger partial charge in [-0.2, -0.15) is 0 Å². The SMILES string of the molecule is CC(C)C(=O)N(CCCCCCN1CC(C)C(O)C(O)C1CO)C1CCCCC1. The first-order valence-electron chi connectivity index (χ1n) is 11.9. The van der Waals surface area contributed by atoms with Crippen LogP contribution in [0.1, 0.15) is 78.6 Å². The lowest BCUT2D eigenvalue weighted by Crippen LogP contribution is -2.59. The van der Waals surface area contributed by atoms with Crippen LogP contribution in [0.3, 0.4) is 0 Å². The Morgan fingerprint density at radius 1 is 1.03 bits per heavy atom. The van der Waals surface area contributed by atoms with E-state index in [-0.39, 0.29) is 24.5 Å². The highest BCUT2D eigenvalue weighted by Crippen LogP contribution is 2.25. The lowest BCUT2D eigenvalue weighted by molar-refractivity contribution is -0.137. The minimum atomic E-state index is -0.880. The van der Waals surface area contributed by atoms with Crippen LogP contribution in [0.25, 0.3) is 0 Å². The molecule has 0 radical (unpaired) electrons. The molecule has 2 aliphatic rings. The first-order chi connectivity index (χ1) is 13.9. The molecular weight excluding hydrogens is 368 g/mol. The Morgan fingerprint density at radius 3 is 2.31 bits per heavy atom. The summed E-state index contributed by atoms with van der Waals surface area (Å²) in [5, 5.41) is 29.8. The molecular formula is C23H44N2O4. The van der Waals surface area contributed by atoms with Crippen molar-refractivity contribution in [2.75, 3.05) is 26.2 Å². The monoisotopic (exact) mass is 412 g/mol. The van der Waals surface area contributed by atoms with Crippen LogP contribution in [0.4, 0.5) is 0 Å². The minimum absolute atomic E-state index is 0.0129. The van der Waals surface area contributed by atoms with Crippen LogP contribution in [0.15, 0.2) is 0 Å². The molecule has 1 aliphatic carbocycles. The van der Waals surface area contributed by atoms with Gasteiger partial charge in [0.1, 0.15) is 0 Å². The fourth-order valence-electron chi connectivity index (χ4n) is 5.02. The summed E-state index contributed by atoms with van der Waals surface area (Å²) in [6.45, 7) is 8.23. The summed E-state index contributed by atoms with van der Waals surface area (Å²) in [6, 6.07) is 0.0679. The van der Waals surface area contributed by atoms with Gasteiger partial charge in [0.05, 0.1) is 24.9 Å². The molecule has 1 heterocycles. The third-order valence-corrected chi connectivity index (χ3v) is 6.89. The number of nitrogens with zero attached hydrogens (tertiary/aromatic N) is 2. The third kappa shape index (κ3) is 6.91. The average Bonchev–Trinajstić information content (AvgIpc) is 2.71. The molecule has 0 aromatic rings. The molecule has 1 saturated heterocycles. The number of aliphatic hydroxyl groups is 3. The van der Waals surface area contributed by atoms with E-state index in [1.54, 1.807) is 0 Å². The maximum atomic E-state index is 12.7. The van der Waals surface area contributed by atoms with Gasteiger partial charge in [0, 0.05) is 25.0 Å². The Kier molecular flexibility index (Phi) is 10.4. The van der Waals surface area contributed by atoms with Crippen molar-refractivity contribution in [2.24, 2.45) is 11.8 Å². The zero-order valence-corrected chi connectivity index (χ0v) is 18.8. The summed E-state index contributed by atoms with van der Waals surface area (Å²) in [6.07, 6.45) is 8.68. The molecule has 0 aromatic heterocycles. The number of piperidine rings is 1. The molecule has 3 N–H and O–H groups in total. The minimum Gasteiger partial charge on any atom is -0.395 e. The van der Waals surface area contributed by atoms with E-state index in [1.165, 1.54) is 19.3 Å². The second-order valence-corrected chi connectivity index (χ2v) is 9.60. The predicted molar refractivity (Wildman–Crippen MR) is 116 cm³/mol. The summed E-state index contributed by atoms with van der Waals surface area (Å²) in [5.74, 6) is 0.381. The summed E-state index contributed by atoms with van der Waals surface area (Å²) in [7, 11) is 0. The van der Waals surface area contributed by atoms with Crippen molar-refractivity contribution in [3.8, 4) is 0 Å². The predicted octanol–water partition coefficient (Wildman–Crippen LogP) is 2.40. The van der Waals surface area contributed by atoms with Crippen LogP contribution in [0.2, 0.25) is 0 Å². The van der Waals surface area contributed by atoms with Crippen LogP contribution >= 0.6 is 0 Å². The van der Waals surface area contributed by atoms with Crippen molar-refractivity contribution >= 4 is 5.91 Å². The summed E-state index contributed by atoms with van der Waals surface area (Å²) in [4.78, 5) is 17.0. The molecule has 6 heteroatoms. The Balaban J connectivity index is 1.72. The van der Waals surface area contributed by atoms with Gasteiger partial charge in [0.25, 0.3) is 0 Å². The lowest BCUT2D eigenvalue weighted by atomic mass is 9.88. The van der Waals surface area contributed by atoms with Crippen molar-refractivity contribution in [2.45, 2.75) is 103 Å². The van der Waals surface area contributed by atoms with Crippen molar-refractivity contribution < 1.29 is 20.1 Å². The molecule has 170 valence electrons. The Bertz CT molecular complexity index is 481. The number of amides is 1. The number of likely N-dealkylation sites (tertiary alicyclic amines) is 1. The van der Waals surface area contributed by atoms with Gasteiger partial charge < -0.3 is 20.2 Å². The summed E-state index contributed by atoms with van der Waals surface area (Å²) in [5.41, 5.74) is 0. The molecule has 4 atom stereocenters. The highest BCUT2D eigenvalue weighted by atomic mass is 16.3. The van der Waals surface area contributed by atoms with Crippen molar-refractivity contribution in [1.29, 1.82) is 0 Å². The Hall–Kier alpha value is -0.690. The van der Waals surface area contributed by atoms with Gasteiger partial charge in [-0.1, -0.05) is 52.9 Å². The van der Waals surface area contributed by atoms with Gasteiger partial charge in [-0.25, -0.2) is 0 Å². The van der Waals surface area contributed by atoms with E-state index in [4.69, 9.17) is 0 Å². The van der Waals surface area contributed by atoms with Crippen LogP contribution in [0.5, 0.6) is 0 Å². The molecule has 1 aliphatic heterocycles. The van der Waals surface area contributed by atoms with Crippen LogP contribution < -0.4 is 0 Å². The second kappa shape index (κ2) is 12.2. The molecule has 1 amide bonds. The molecule has 4 unspecified atom stereocenters. The zero-order valence-electron chi connectivity index (χ0n) is 18.8. The van der Waals surface area contributed by atoms with Crippen molar-refractivity contribution in [3.05, 3.63) is 0 Å². The van der Waals surface area contributed by atoms with Gasteiger partial charge in [0.15, 0.2) is 0 Å². The summed E-state index contributed by atoms with van der Waals surface area (Å²) < 4.78 is 0. The van der Waals surface area contributed by atoms with Crippen molar-refractivity contribution in [3.63, 3.8) is 0 Å². The summed E-state index contributed by atoms with van der Waals surface area (Å²) >= 11 is 0. The fraction of sp³-hybridized carbons (Fsp3) is 0.957. The van der Waals surface area contributed by atoms with Crippen LogP contribution in [-0.4, -0.2) is 81.6 Å². The van der Waals surface area contributed by atoms with Crippen LogP contribution in [-0.2, 0) is 4.79 Å². The highest BCUT2D eigenvalue weighted by Gasteiger charge is 2.39. The first kappa shape index (κ1) is 24.6. The third-order valence-electron chi connectivity index (χ3n) is 6.89. The fourth-order valence-corrected chi connectivity index (χ4v) is 5.02. The molecule has 29 heavy (non-hydrogen) atoms. The lowest BCUT2D eigenvalue weighted by Gasteiger charge is -2.44. The maximum Gasteiger partial charge on any atom is 0.225 e. The van der Waals surface area contributed by atoms with Crippen LogP contribution in [0, 0.1) is 11.8 Å². The largest absolute Gasteiger partial charge is 0.395 e. The Labute approximate surface area is 177 Å². The van der Waals surface area contributed by atoms with E-state index in [2.05, 4.69) is 9.80 Å². The topological polar surface area (TPSA) is 84.2 Å². The number of hydrogen-bond acceptors (Lipinski definition) is 5. The number of unbranched alkanes of at least 4 members (excludes halogenated alkanes) is 3. The van der Waals surface area contributed by atoms with Gasteiger partial charge in [-0.3, -0.25) is 9.69 Å². The van der Waals surface area contributed by atoms with E-state index in [0.717, 1.165) is 51.6 Å². The number of hydrogen-bond donors (Lipinski definition) is 3. The van der Waals surface area contributed by atoms with Gasteiger partial charge in [-0.05, 0) is 38.1 Å². The van der Waals surface area contributed by atoms with Gasteiger partial charge >= 0.3 is 0 Å². The number of aliphatic hydroxyl groups excluding tert-OH is 3. The highest BCUT2D eigenvalue weighted by molar-refractivity contribution is 5.78. The quantitative estimate of drug-likeness (QED) is 0.480. The van der Waals surface area contributed by atoms with E-state index in [9.17, 15) is 20.1 Å². The smallest absolute Gasteiger partial charge is 0.225 e. The van der Waals surface area contributed by atoms with Gasteiger partial charge in [-0.15, -0.1) is 0 Å². The van der Waals surface area contributed by atoms with Crippen molar-refractivity contribution in [1.82, 2.24) is 9.80 Å². The molecule has 0 bridgehead atoms. The van der Waals surface area contributed by atoms with E-state index in [0.29, 0.717) is 18.5 Å². The number of carbonyl (C=O) groups excluding carboxylic acids is 1. The zero-order chi connectivity index (χ0) is 21.4. The first-order valence-corrected chi connectivity index (χ1v) is 11.9. The maximum absolute atomic E-state index is 12.7. The standard InChI is InChI=1S/C23H44N2O4/c1-17(2)23(29)25(19-11-7-6-8-12-19)14-10-5-4-9-13-24-15-18(3)21(27)22(28)20(24)16-26/h17-22,26-28H,4-16H2,1-3H3. The normalized spacial score (nSPS) is 29.3. The van der Waals surface area contributed by atoms with E-state index in [1.807, 2.05) is 20.8 Å². The number of rotatable bonds is 10. The molecule has 2 rings (SSSR count). The van der Waals surface area contributed by atoms with E-state index < -0.39 is 12.2 Å².